The SMILES string of the molecule is CC1(C)O[C@H](CS(=O)(=O)c2cccc(C(F)(F)F)c2)[C@H](C(=O)O)O1.O=C(O)[C@H](O)[C@H](O)CS(=O)(=O)c1cccc(C(F)(F)F)c1. The topological polar surface area (TPSA) is 202 Å². The Bertz CT molecular complexity index is 1600. The van der Waals surface area contributed by atoms with Crippen molar-refractivity contribution in [1.29, 1.82) is 0 Å². The maximum atomic E-state index is 12.7. The van der Waals surface area contributed by atoms with Crippen molar-refractivity contribution >= 4 is 31.6 Å². The highest BCUT2D eigenvalue weighted by molar-refractivity contribution is 7.91. The molecule has 0 saturated carbocycles. The molecular weight excluding hydrogens is 670 g/mol. The number of carboxylic acids is 2. The number of hydrogen-bond acceptors (Lipinski definition) is 10. The predicted octanol–water partition coefficient (Wildman–Crippen LogP) is 2.37. The minimum Gasteiger partial charge on any atom is -0.479 e. The van der Waals surface area contributed by atoms with Crippen LogP contribution in [0.5, 0.6) is 0 Å². The van der Waals surface area contributed by atoms with Crippen molar-refractivity contribution in [2.75, 3.05) is 11.5 Å². The van der Waals surface area contributed by atoms with Gasteiger partial charge in [0.15, 0.2) is 37.7 Å². The van der Waals surface area contributed by atoms with Gasteiger partial charge in [-0.3, -0.25) is 0 Å². The number of carbonyl (C=O) groups is 2. The summed E-state index contributed by atoms with van der Waals surface area (Å²) >= 11 is 0. The molecule has 252 valence electrons. The number of alkyl halides is 6. The second kappa shape index (κ2) is 13.6. The largest absolute Gasteiger partial charge is 0.479 e. The number of aliphatic hydroxyl groups is 2. The van der Waals surface area contributed by atoms with Gasteiger partial charge in [0.25, 0.3) is 0 Å². The molecule has 3 rings (SSSR count). The molecule has 0 aromatic heterocycles. The number of aliphatic hydroxyl groups excluding tert-OH is 2. The van der Waals surface area contributed by atoms with Crippen LogP contribution in [-0.4, -0.2) is 90.9 Å². The van der Waals surface area contributed by atoms with E-state index >= 15 is 0 Å². The van der Waals surface area contributed by atoms with Crippen LogP contribution in [0.2, 0.25) is 0 Å². The molecule has 20 heteroatoms. The highest BCUT2D eigenvalue weighted by atomic mass is 32.2. The van der Waals surface area contributed by atoms with Gasteiger partial charge in [0, 0.05) is 0 Å². The molecule has 0 unspecified atom stereocenters. The van der Waals surface area contributed by atoms with Gasteiger partial charge in [-0.15, -0.1) is 0 Å². The van der Waals surface area contributed by atoms with Crippen molar-refractivity contribution in [2.24, 2.45) is 0 Å². The van der Waals surface area contributed by atoms with Crippen molar-refractivity contribution in [3.8, 4) is 0 Å². The summed E-state index contributed by atoms with van der Waals surface area (Å²) in [6.07, 6.45) is -16.8. The number of hydrogen-bond donors (Lipinski definition) is 4. The molecule has 1 saturated heterocycles. The van der Waals surface area contributed by atoms with Crippen LogP contribution in [0.1, 0.15) is 25.0 Å². The minimum atomic E-state index is -4.75. The standard InChI is InChI=1S/C14H15F3O6S.C11H11F3O6S/c1-13(2)22-10(11(23-13)12(18)19)7-24(20,21)9-5-3-4-8(6-9)14(15,16)17;12-11(13,14)6-2-1-3-7(4-6)21(19,20)5-8(15)9(16)10(17)18/h3-6,10-11H,7H2,1-2H3,(H,18,19);1-4,8-9,15-16H,5H2,(H,17,18)/t10-,11-;8-,9-/m11/s1. The predicted molar refractivity (Wildman–Crippen MR) is 138 cm³/mol. The fourth-order valence-electron chi connectivity index (χ4n) is 3.79. The van der Waals surface area contributed by atoms with Crippen molar-refractivity contribution in [1.82, 2.24) is 0 Å². The van der Waals surface area contributed by atoms with E-state index in [1.807, 2.05) is 0 Å². The Morgan fingerprint density at radius 3 is 1.67 bits per heavy atom. The summed E-state index contributed by atoms with van der Waals surface area (Å²) in [5.74, 6) is -6.60. The van der Waals surface area contributed by atoms with Crippen molar-refractivity contribution in [3.63, 3.8) is 0 Å². The van der Waals surface area contributed by atoms with Gasteiger partial charge < -0.3 is 29.9 Å². The van der Waals surface area contributed by atoms with Crippen molar-refractivity contribution < 1.29 is 82.7 Å². The number of carboxylic acid groups (broad SMARTS) is 2. The molecule has 0 aliphatic carbocycles. The fraction of sp³-hybridized carbons (Fsp3) is 0.440. The first-order valence-corrected chi connectivity index (χ1v) is 15.5. The molecule has 1 fully saturated rings. The van der Waals surface area contributed by atoms with Gasteiger partial charge in [0.05, 0.1) is 32.4 Å². The first-order valence-electron chi connectivity index (χ1n) is 12.2. The molecule has 4 atom stereocenters. The molecule has 0 amide bonds. The van der Waals surface area contributed by atoms with Crippen LogP contribution in [-0.2, 0) is 51.1 Å². The Hall–Kier alpha value is -3.30. The van der Waals surface area contributed by atoms with Crippen LogP contribution < -0.4 is 0 Å². The zero-order valence-corrected chi connectivity index (χ0v) is 24.6. The lowest BCUT2D eigenvalue weighted by Gasteiger charge is -2.17. The number of ether oxygens (including phenoxy) is 2. The Morgan fingerprint density at radius 2 is 1.27 bits per heavy atom. The molecule has 12 nitrogen and oxygen atoms in total. The number of rotatable bonds is 9. The van der Waals surface area contributed by atoms with E-state index in [0.29, 0.717) is 18.2 Å². The first kappa shape index (κ1) is 37.9. The van der Waals surface area contributed by atoms with E-state index in [2.05, 4.69) is 0 Å². The smallest absolute Gasteiger partial charge is 0.416 e. The normalized spacial score (nSPS) is 20.0. The molecular formula is C25H26F6O12S2. The zero-order chi connectivity index (χ0) is 34.8. The average Bonchev–Trinajstić information content (AvgIpc) is 3.20. The molecule has 45 heavy (non-hydrogen) atoms. The molecule has 1 aliphatic heterocycles. The molecule has 1 aliphatic rings. The lowest BCUT2D eigenvalue weighted by Crippen LogP contribution is -2.38. The number of benzene rings is 2. The van der Waals surface area contributed by atoms with Crippen LogP contribution >= 0.6 is 0 Å². The van der Waals surface area contributed by atoms with Crippen LogP contribution in [0.15, 0.2) is 58.3 Å². The van der Waals surface area contributed by atoms with E-state index in [1.54, 1.807) is 0 Å². The summed E-state index contributed by atoms with van der Waals surface area (Å²) in [4.78, 5) is 20.3. The van der Waals surface area contributed by atoms with Gasteiger partial charge >= 0.3 is 24.3 Å². The third kappa shape index (κ3) is 10.4. The first-order chi connectivity index (χ1) is 20.3. The van der Waals surface area contributed by atoms with E-state index in [9.17, 15) is 57.9 Å². The fourth-order valence-corrected chi connectivity index (χ4v) is 6.66. The third-order valence-corrected chi connectivity index (χ3v) is 9.35. The van der Waals surface area contributed by atoms with Crippen LogP contribution in [0.4, 0.5) is 26.3 Å². The van der Waals surface area contributed by atoms with Gasteiger partial charge in [-0.05, 0) is 50.2 Å². The maximum absolute atomic E-state index is 12.7. The van der Waals surface area contributed by atoms with E-state index in [0.717, 1.165) is 30.3 Å². The summed E-state index contributed by atoms with van der Waals surface area (Å²) in [5, 5.41) is 35.8. The highest BCUT2D eigenvalue weighted by Crippen LogP contribution is 2.33. The summed E-state index contributed by atoms with van der Waals surface area (Å²) in [7, 11) is -8.61. The quantitative estimate of drug-likeness (QED) is 0.279. The Balaban J connectivity index is 0.000000317. The number of sulfone groups is 2. The molecule has 0 radical (unpaired) electrons. The van der Waals surface area contributed by atoms with Gasteiger partial charge in [-0.25, -0.2) is 26.4 Å². The van der Waals surface area contributed by atoms with Gasteiger partial charge in [0.2, 0.25) is 0 Å². The minimum absolute atomic E-state index is 0.370. The lowest BCUT2D eigenvalue weighted by molar-refractivity contribution is -0.165. The Morgan fingerprint density at radius 1 is 0.822 bits per heavy atom. The summed E-state index contributed by atoms with van der Waals surface area (Å²) in [5.41, 5.74) is -2.31. The molecule has 0 spiro atoms. The summed E-state index contributed by atoms with van der Waals surface area (Å²) in [6, 6.07) is 6.03. The van der Waals surface area contributed by atoms with Gasteiger partial charge in [-0.2, -0.15) is 26.3 Å². The van der Waals surface area contributed by atoms with Crippen molar-refractivity contribution in [3.05, 3.63) is 59.7 Å². The van der Waals surface area contributed by atoms with Crippen LogP contribution in [0.25, 0.3) is 0 Å². The monoisotopic (exact) mass is 696 g/mol. The molecule has 2 aromatic carbocycles. The Kier molecular flexibility index (Phi) is 11.4. The Labute approximate surface area is 251 Å². The molecule has 1 heterocycles. The number of halogens is 6. The highest BCUT2D eigenvalue weighted by Gasteiger charge is 2.47. The zero-order valence-electron chi connectivity index (χ0n) is 23.0. The van der Waals surface area contributed by atoms with Gasteiger partial charge in [0.1, 0.15) is 12.2 Å². The van der Waals surface area contributed by atoms with Crippen LogP contribution in [0.3, 0.4) is 0 Å². The summed E-state index contributed by atoms with van der Waals surface area (Å²) in [6.45, 7) is 2.83. The van der Waals surface area contributed by atoms with E-state index in [1.165, 1.54) is 13.8 Å². The molecule has 4 N–H and O–H groups in total. The van der Waals surface area contributed by atoms with E-state index in [-0.39, 0.29) is 0 Å². The van der Waals surface area contributed by atoms with Crippen LogP contribution in [0, 0.1) is 0 Å². The van der Waals surface area contributed by atoms with Gasteiger partial charge in [-0.1, -0.05) is 12.1 Å². The molecule has 2 aromatic rings. The van der Waals surface area contributed by atoms with E-state index < -0.39 is 107 Å². The maximum Gasteiger partial charge on any atom is 0.416 e. The van der Waals surface area contributed by atoms with E-state index in [4.69, 9.17) is 24.8 Å². The molecule has 0 bridgehead atoms. The average molecular weight is 697 g/mol. The second-order valence-corrected chi connectivity index (χ2v) is 14.0. The lowest BCUT2D eigenvalue weighted by atomic mass is 10.2. The second-order valence-electron chi connectivity index (χ2n) is 9.90. The summed E-state index contributed by atoms with van der Waals surface area (Å²) < 4.78 is 134. The number of aliphatic carboxylic acids is 2. The van der Waals surface area contributed by atoms with Crippen molar-refractivity contribution in [2.45, 2.75) is 66.2 Å². The third-order valence-electron chi connectivity index (χ3n) is 5.86.